The first kappa shape index (κ1) is 16.2. The molecule has 4 heteroatoms. The SMILES string of the molecule is CNC.Clc1ccc(-c2cccc3c2OCCC3)c(Cl)c1. The number of halogens is 2. The van der Waals surface area contributed by atoms with Crippen molar-refractivity contribution in [2.24, 2.45) is 0 Å². The van der Waals surface area contributed by atoms with E-state index in [1.165, 1.54) is 5.56 Å². The van der Waals surface area contributed by atoms with Gasteiger partial charge < -0.3 is 10.1 Å². The Kier molecular flexibility index (Phi) is 5.92. The summed E-state index contributed by atoms with van der Waals surface area (Å²) in [5.74, 6) is 0.966. The molecule has 0 amide bonds. The number of hydrogen-bond donors (Lipinski definition) is 1. The molecule has 0 unspecified atom stereocenters. The van der Waals surface area contributed by atoms with Crippen LogP contribution in [0.5, 0.6) is 5.75 Å². The summed E-state index contributed by atoms with van der Waals surface area (Å²) in [4.78, 5) is 0. The van der Waals surface area contributed by atoms with Crippen LogP contribution in [0.4, 0.5) is 0 Å². The number of hydrogen-bond acceptors (Lipinski definition) is 2. The molecule has 21 heavy (non-hydrogen) atoms. The first-order valence-electron chi connectivity index (χ1n) is 6.96. The monoisotopic (exact) mass is 323 g/mol. The molecule has 0 atom stereocenters. The third-order valence-corrected chi connectivity index (χ3v) is 3.70. The molecule has 0 radical (unpaired) electrons. The van der Waals surface area contributed by atoms with Crippen molar-refractivity contribution in [3.63, 3.8) is 0 Å². The number of nitrogens with one attached hydrogen (secondary N) is 1. The minimum Gasteiger partial charge on any atom is -0.493 e. The Bertz CT molecular complexity index is 614. The van der Waals surface area contributed by atoms with E-state index in [4.69, 9.17) is 27.9 Å². The second-order valence-electron chi connectivity index (χ2n) is 4.87. The Hall–Kier alpha value is -1.22. The fourth-order valence-electron chi connectivity index (χ4n) is 2.31. The van der Waals surface area contributed by atoms with Crippen LogP contribution in [0.3, 0.4) is 0 Å². The van der Waals surface area contributed by atoms with Gasteiger partial charge in [0.1, 0.15) is 5.75 Å². The summed E-state index contributed by atoms with van der Waals surface area (Å²) in [6.45, 7) is 0.773. The van der Waals surface area contributed by atoms with Crippen LogP contribution in [0.2, 0.25) is 10.0 Å². The number of benzene rings is 2. The lowest BCUT2D eigenvalue weighted by molar-refractivity contribution is 0.289. The molecule has 1 heterocycles. The van der Waals surface area contributed by atoms with Gasteiger partial charge in [-0.25, -0.2) is 0 Å². The average molecular weight is 324 g/mol. The van der Waals surface area contributed by atoms with E-state index in [9.17, 15) is 0 Å². The van der Waals surface area contributed by atoms with Crippen LogP contribution in [0, 0.1) is 0 Å². The zero-order chi connectivity index (χ0) is 15.2. The van der Waals surface area contributed by atoms with Gasteiger partial charge in [-0.3, -0.25) is 0 Å². The van der Waals surface area contributed by atoms with Crippen LogP contribution in [0.25, 0.3) is 11.1 Å². The molecule has 1 aliphatic heterocycles. The number of ether oxygens (including phenoxy) is 1. The predicted octanol–water partition coefficient (Wildman–Crippen LogP) is 4.82. The summed E-state index contributed by atoms with van der Waals surface area (Å²) >= 11 is 12.2. The van der Waals surface area contributed by atoms with Crippen LogP contribution >= 0.6 is 23.2 Å². The molecule has 112 valence electrons. The lowest BCUT2D eigenvalue weighted by Gasteiger charge is -2.20. The molecule has 1 N–H and O–H groups in total. The first-order valence-corrected chi connectivity index (χ1v) is 7.71. The zero-order valence-electron chi connectivity index (χ0n) is 12.2. The topological polar surface area (TPSA) is 21.3 Å². The quantitative estimate of drug-likeness (QED) is 0.812. The molecule has 2 aromatic carbocycles. The lowest BCUT2D eigenvalue weighted by atomic mass is 9.98. The molecular weight excluding hydrogens is 305 g/mol. The number of rotatable bonds is 1. The van der Waals surface area contributed by atoms with E-state index < -0.39 is 0 Å². The van der Waals surface area contributed by atoms with Crippen molar-refractivity contribution < 1.29 is 4.74 Å². The van der Waals surface area contributed by atoms with Crippen molar-refractivity contribution in [1.29, 1.82) is 0 Å². The second kappa shape index (κ2) is 7.69. The smallest absolute Gasteiger partial charge is 0.130 e. The molecule has 3 rings (SSSR count). The summed E-state index contributed by atoms with van der Waals surface area (Å²) < 4.78 is 5.80. The van der Waals surface area contributed by atoms with Gasteiger partial charge >= 0.3 is 0 Å². The molecule has 2 nitrogen and oxygen atoms in total. The van der Waals surface area contributed by atoms with Gasteiger partial charge in [0.2, 0.25) is 0 Å². The van der Waals surface area contributed by atoms with Crippen molar-refractivity contribution in [3.05, 3.63) is 52.0 Å². The van der Waals surface area contributed by atoms with Crippen LogP contribution in [0.15, 0.2) is 36.4 Å². The van der Waals surface area contributed by atoms with Crippen molar-refractivity contribution in [3.8, 4) is 16.9 Å². The Labute approximate surface area is 136 Å². The highest BCUT2D eigenvalue weighted by Gasteiger charge is 2.16. The molecule has 0 saturated carbocycles. The zero-order valence-corrected chi connectivity index (χ0v) is 13.8. The van der Waals surface area contributed by atoms with Gasteiger partial charge in [-0.05, 0) is 44.6 Å². The number of aryl methyl sites for hydroxylation is 1. The lowest BCUT2D eigenvalue weighted by Crippen LogP contribution is -2.09. The summed E-state index contributed by atoms with van der Waals surface area (Å²) in [7, 11) is 3.75. The number of fused-ring (bicyclic) bond motifs is 1. The Morgan fingerprint density at radius 1 is 1.05 bits per heavy atom. The number of para-hydroxylation sites is 1. The fourth-order valence-corrected chi connectivity index (χ4v) is 2.82. The van der Waals surface area contributed by atoms with Gasteiger partial charge in [0, 0.05) is 16.1 Å². The van der Waals surface area contributed by atoms with E-state index in [2.05, 4.69) is 11.4 Å². The Morgan fingerprint density at radius 3 is 2.52 bits per heavy atom. The minimum atomic E-state index is 0.648. The minimum absolute atomic E-state index is 0.648. The first-order chi connectivity index (χ1) is 10.2. The van der Waals surface area contributed by atoms with Gasteiger partial charge in [0.05, 0.1) is 11.6 Å². The van der Waals surface area contributed by atoms with Crippen LogP contribution in [0.1, 0.15) is 12.0 Å². The summed E-state index contributed by atoms with van der Waals surface area (Å²) in [5, 5.41) is 4.06. The van der Waals surface area contributed by atoms with Gasteiger partial charge in [0.15, 0.2) is 0 Å². The van der Waals surface area contributed by atoms with E-state index >= 15 is 0 Å². The molecule has 0 spiro atoms. The molecule has 0 saturated heterocycles. The molecule has 0 aromatic heterocycles. The average Bonchev–Trinajstić information content (AvgIpc) is 2.48. The molecule has 0 bridgehead atoms. The summed E-state index contributed by atoms with van der Waals surface area (Å²) in [6, 6.07) is 11.8. The molecular formula is C17H19Cl2NO. The Balaban J connectivity index is 0.000000497. The van der Waals surface area contributed by atoms with Gasteiger partial charge in [0.25, 0.3) is 0 Å². The van der Waals surface area contributed by atoms with E-state index in [0.717, 1.165) is 36.3 Å². The highest BCUT2D eigenvalue weighted by atomic mass is 35.5. The van der Waals surface area contributed by atoms with Gasteiger partial charge in [-0.2, -0.15) is 0 Å². The van der Waals surface area contributed by atoms with E-state index in [0.29, 0.717) is 10.0 Å². The van der Waals surface area contributed by atoms with Crippen LogP contribution < -0.4 is 10.1 Å². The standard InChI is InChI=1S/C15H12Cl2O.C2H7N/c16-11-6-7-12(14(17)9-11)13-5-1-3-10-4-2-8-18-15(10)13;1-3-2/h1,3,5-7,9H,2,4,8H2;3H,1-2H3. The van der Waals surface area contributed by atoms with Crippen molar-refractivity contribution >= 4 is 23.2 Å². The molecule has 0 fully saturated rings. The maximum absolute atomic E-state index is 6.27. The molecule has 0 aliphatic carbocycles. The molecule has 1 aliphatic rings. The van der Waals surface area contributed by atoms with Crippen molar-refractivity contribution in [2.75, 3.05) is 20.7 Å². The largest absolute Gasteiger partial charge is 0.493 e. The van der Waals surface area contributed by atoms with E-state index in [1.807, 2.05) is 38.4 Å². The fraction of sp³-hybridized carbons (Fsp3) is 0.294. The summed E-state index contributed by atoms with van der Waals surface area (Å²) in [5.41, 5.74) is 3.28. The molecule has 2 aromatic rings. The predicted molar refractivity (Wildman–Crippen MR) is 90.7 cm³/mol. The van der Waals surface area contributed by atoms with E-state index in [1.54, 1.807) is 6.07 Å². The third kappa shape index (κ3) is 3.91. The van der Waals surface area contributed by atoms with Crippen molar-refractivity contribution in [1.82, 2.24) is 5.32 Å². The van der Waals surface area contributed by atoms with Gasteiger partial charge in [-0.1, -0.05) is 47.5 Å². The van der Waals surface area contributed by atoms with Gasteiger partial charge in [-0.15, -0.1) is 0 Å². The Morgan fingerprint density at radius 2 is 1.81 bits per heavy atom. The normalized spacial score (nSPS) is 12.8. The highest BCUT2D eigenvalue weighted by molar-refractivity contribution is 6.36. The summed E-state index contributed by atoms with van der Waals surface area (Å²) in [6.07, 6.45) is 2.14. The van der Waals surface area contributed by atoms with Crippen molar-refractivity contribution in [2.45, 2.75) is 12.8 Å². The third-order valence-electron chi connectivity index (χ3n) is 3.15. The highest BCUT2D eigenvalue weighted by Crippen LogP contribution is 2.39. The van der Waals surface area contributed by atoms with E-state index in [-0.39, 0.29) is 0 Å². The maximum Gasteiger partial charge on any atom is 0.130 e. The van der Waals surface area contributed by atoms with Crippen LogP contribution in [-0.4, -0.2) is 20.7 Å². The van der Waals surface area contributed by atoms with Crippen LogP contribution in [-0.2, 0) is 6.42 Å². The maximum atomic E-state index is 6.27. The second-order valence-corrected chi connectivity index (χ2v) is 5.71.